The van der Waals surface area contributed by atoms with Crippen LogP contribution in [0.4, 0.5) is 11.4 Å². The van der Waals surface area contributed by atoms with Crippen molar-refractivity contribution in [3.63, 3.8) is 0 Å². The molecule has 0 saturated carbocycles. The molecular formula is C15H16N2O4. The minimum absolute atomic E-state index is 0.0505. The van der Waals surface area contributed by atoms with Crippen LogP contribution < -0.4 is 14.8 Å². The van der Waals surface area contributed by atoms with Crippen LogP contribution in [0, 0.1) is 10.1 Å². The summed E-state index contributed by atoms with van der Waals surface area (Å²) in [7, 11) is 1.62. The van der Waals surface area contributed by atoms with Crippen LogP contribution in [-0.4, -0.2) is 25.2 Å². The van der Waals surface area contributed by atoms with E-state index in [0.717, 1.165) is 11.4 Å². The Hall–Kier alpha value is -2.76. The molecule has 21 heavy (non-hydrogen) atoms. The van der Waals surface area contributed by atoms with Gasteiger partial charge < -0.3 is 14.8 Å². The van der Waals surface area contributed by atoms with E-state index in [2.05, 4.69) is 5.32 Å². The van der Waals surface area contributed by atoms with Crippen LogP contribution in [0.25, 0.3) is 0 Å². The largest absolute Gasteiger partial charge is 0.495 e. The smallest absolute Gasteiger partial charge is 0.269 e. The molecular weight excluding hydrogens is 272 g/mol. The van der Waals surface area contributed by atoms with Crippen molar-refractivity contribution in [2.45, 2.75) is 0 Å². The van der Waals surface area contributed by atoms with Crippen molar-refractivity contribution in [2.75, 3.05) is 25.6 Å². The number of rotatable bonds is 7. The van der Waals surface area contributed by atoms with Crippen molar-refractivity contribution in [2.24, 2.45) is 0 Å². The fourth-order valence-electron chi connectivity index (χ4n) is 1.81. The van der Waals surface area contributed by atoms with Gasteiger partial charge in [0, 0.05) is 18.7 Å². The van der Waals surface area contributed by atoms with Crippen LogP contribution in [0.2, 0.25) is 0 Å². The Balaban J connectivity index is 1.80. The maximum absolute atomic E-state index is 10.5. The van der Waals surface area contributed by atoms with Crippen LogP contribution in [0.5, 0.6) is 11.5 Å². The average Bonchev–Trinajstić information content (AvgIpc) is 2.52. The quantitative estimate of drug-likeness (QED) is 0.481. The molecule has 0 aliphatic carbocycles. The predicted molar refractivity (Wildman–Crippen MR) is 80.1 cm³/mol. The van der Waals surface area contributed by atoms with Gasteiger partial charge in [0.15, 0.2) is 0 Å². The van der Waals surface area contributed by atoms with Crippen molar-refractivity contribution in [1.29, 1.82) is 0 Å². The number of nitrogens with one attached hydrogen (secondary N) is 1. The molecule has 6 nitrogen and oxygen atoms in total. The summed E-state index contributed by atoms with van der Waals surface area (Å²) >= 11 is 0. The Bertz CT molecular complexity index is 599. The monoisotopic (exact) mass is 288 g/mol. The molecule has 0 atom stereocenters. The summed E-state index contributed by atoms with van der Waals surface area (Å²) in [5.41, 5.74) is 0.946. The number of hydrogen-bond donors (Lipinski definition) is 1. The van der Waals surface area contributed by atoms with Crippen molar-refractivity contribution in [1.82, 2.24) is 0 Å². The first-order valence-electron chi connectivity index (χ1n) is 6.45. The standard InChI is InChI=1S/C15H16N2O4/c1-20-15-5-3-2-4-14(15)16-10-11-21-13-8-6-12(7-9-13)17(18)19/h2-9,16H,10-11H2,1H3. The third-order valence-corrected chi connectivity index (χ3v) is 2.84. The number of methoxy groups -OCH3 is 1. The Morgan fingerprint density at radius 3 is 2.52 bits per heavy atom. The van der Waals surface area contributed by atoms with Gasteiger partial charge >= 0.3 is 0 Å². The van der Waals surface area contributed by atoms with Gasteiger partial charge in [0.1, 0.15) is 18.1 Å². The van der Waals surface area contributed by atoms with Crippen LogP contribution >= 0.6 is 0 Å². The fourth-order valence-corrected chi connectivity index (χ4v) is 1.81. The molecule has 2 aromatic carbocycles. The lowest BCUT2D eigenvalue weighted by Crippen LogP contribution is -2.12. The molecule has 0 aliphatic rings. The molecule has 0 aromatic heterocycles. The zero-order valence-electron chi connectivity index (χ0n) is 11.6. The number of nitro groups is 1. The summed E-state index contributed by atoms with van der Waals surface area (Å²) < 4.78 is 10.7. The maximum Gasteiger partial charge on any atom is 0.269 e. The average molecular weight is 288 g/mol. The molecule has 110 valence electrons. The molecule has 0 amide bonds. The zero-order chi connectivity index (χ0) is 15.1. The van der Waals surface area contributed by atoms with Crippen LogP contribution in [0.1, 0.15) is 0 Å². The van der Waals surface area contributed by atoms with Gasteiger partial charge in [-0.15, -0.1) is 0 Å². The number of anilines is 1. The van der Waals surface area contributed by atoms with Crippen LogP contribution in [0.15, 0.2) is 48.5 Å². The number of nitrogens with zero attached hydrogens (tertiary/aromatic N) is 1. The second-order valence-electron chi connectivity index (χ2n) is 4.23. The Morgan fingerprint density at radius 2 is 1.86 bits per heavy atom. The van der Waals surface area contributed by atoms with Crippen LogP contribution in [-0.2, 0) is 0 Å². The van der Waals surface area contributed by atoms with Crippen molar-refractivity contribution in [3.05, 3.63) is 58.6 Å². The second-order valence-corrected chi connectivity index (χ2v) is 4.23. The SMILES string of the molecule is COc1ccccc1NCCOc1ccc([N+](=O)[O-])cc1. The van der Waals surface area contributed by atoms with E-state index >= 15 is 0 Å². The number of ether oxygens (including phenoxy) is 2. The lowest BCUT2D eigenvalue weighted by atomic mass is 10.3. The number of benzene rings is 2. The Kier molecular flexibility index (Phi) is 4.98. The highest BCUT2D eigenvalue weighted by Gasteiger charge is 2.04. The third kappa shape index (κ3) is 4.10. The molecule has 0 unspecified atom stereocenters. The predicted octanol–water partition coefficient (Wildman–Crippen LogP) is 3.09. The lowest BCUT2D eigenvalue weighted by molar-refractivity contribution is -0.384. The number of nitro benzene ring substituents is 1. The van der Waals surface area contributed by atoms with Gasteiger partial charge in [0.05, 0.1) is 17.7 Å². The highest BCUT2D eigenvalue weighted by Crippen LogP contribution is 2.22. The molecule has 0 bridgehead atoms. The first-order chi connectivity index (χ1) is 10.2. The molecule has 6 heteroatoms. The molecule has 0 spiro atoms. The van der Waals surface area contributed by atoms with E-state index in [4.69, 9.17) is 9.47 Å². The third-order valence-electron chi connectivity index (χ3n) is 2.84. The van der Waals surface area contributed by atoms with Gasteiger partial charge in [0.25, 0.3) is 5.69 Å². The molecule has 1 N–H and O–H groups in total. The van der Waals surface area contributed by atoms with Gasteiger partial charge in [-0.1, -0.05) is 12.1 Å². The molecule has 0 aliphatic heterocycles. The van der Waals surface area contributed by atoms with E-state index in [0.29, 0.717) is 18.9 Å². The number of non-ortho nitro benzene ring substituents is 1. The van der Waals surface area contributed by atoms with Gasteiger partial charge in [0.2, 0.25) is 0 Å². The maximum atomic E-state index is 10.5. The first kappa shape index (κ1) is 14.6. The minimum atomic E-state index is -0.437. The molecule has 0 heterocycles. The number of para-hydroxylation sites is 2. The van der Waals surface area contributed by atoms with Crippen LogP contribution in [0.3, 0.4) is 0 Å². The van der Waals surface area contributed by atoms with Gasteiger partial charge in [-0.3, -0.25) is 10.1 Å². The van der Waals surface area contributed by atoms with Crippen molar-refractivity contribution in [3.8, 4) is 11.5 Å². The molecule has 2 aromatic rings. The fraction of sp³-hybridized carbons (Fsp3) is 0.200. The summed E-state index contributed by atoms with van der Waals surface area (Å²) in [6.45, 7) is 1.03. The van der Waals surface area contributed by atoms with E-state index in [1.165, 1.54) is 12.1 Å². The van der Waals surface area contributed by atoms with Gasteiger partial charge in [-0.2, -0.15) is 0 Å². The van der Waals surface area contributed by atoms with Gasteiger partial charge in [-0.25, -0.2) is 0 Å². The van der Waals surface area contributed by atoms with Crippen molar-refractivity contribution >= 4 is 11.4 Å². The normalized spacial score (nSPS) is 9.95. The van der Waals surface area contributed by atoms with E-state index in [1.807, 2.05) is 24.3 Å². The highest BCUT2D eigenvalue weighted by atomic mass is 16.6. The first-order valence-corrected chi connectivity index (χ1v) is 6.45. The zero-order valence-corrected chi connectivity index (χ0v) is 11.6. The highest BCUT2D eigenvalue weighted by molar-refractivity contribution is 5.56. The Morgan fingerprint density at radius 1 is 1.14 bits per heavy atom. The Labute approximate surface area is 122 Å². The van der Waals surface area contributed by atoms with Gasteiger partial charge in [-0.05, 0) is 24.3 Å². The van der Waals surface area contributed by atoms with Crippen molar-refractivity contribution < 1.29 is 14.4 Å². The topological polar surface area (TPSA) is 73.6 Å². The number of hydrogen-bond acceptors (Lipinski definition) is 5. The molecule has 0 fully saturated rings. The van der Waals surface area contributed by atoms with E-state index in [-0.39, 0.29) is 5.69 Å². The van der Waals surface area contributed by atoms with E-state index in [1.54, 1.807) is 19.2 Å². The lowest BCUT2D eigenvalue weighted by Gasteiger charge is -2.11. The summed E-state index contributed by atoms with van der Waals surface area (Å²) in [6, 6.07) is 13.6. The summed E-state index contributed by atoms with van der Waals surface area (Å²) in [5, 5.41) is 13.7. The summed E-state index contributed by atoms with van der Waals surface area (Å²) in [5.74, 6) is 1.37. The molecule has 2 rings (SSSR count). The van der Waals surface area contributed by atoms with E-state index in [9.17, 15) is 10.1 Å². The summed E-state index contributed by atoms with van der Waals surface area (Å²) in [4.78, 5) is 10.1. The molecule has 0 saturated heterocycles. The minimum Gasteiger partial charge on any atom is -0.495 e. The van der Waals surface area contributed by atoms with E-state index < -0.39 is 4.92 Å². The molecule has 0 radical (unpaired) electrons. The second kappa shape index (κ2) is 7.14. The summed E-state index contributed by atoms with van der Waals surface area (Å²) in [6.07, 6.45) is 0.